The molecule has 29 heavy (non-hydrogen) atoms. The van der Waals surface area contributed by atoms with Crippen LogP contribution in [0.5, 0.6) is 0 Å². The summed E-state index contributed by atoms with van der Waals surface area (Å²) in [5.41, 5.74) is 4.68. The molecule has 146 valence electrons. The molecular weight excluding hydrogens is 520 g/mol. The van der Waals surface area contributed by atoms with Crippen LogP contribution in [0.4, 0.5) is 0 Å². The van der Waals surface area contributed by atoms with Crippen molar-refractivity contribution in [2.24, 2.45) is 0 Å². The highest BCUT2D eigenvalue weighted by molar-refractivity contribution is 14.1. The molecule has 0 radical (unpaired) electrons. The molecule has 0 fully saturated rings. The Balaban J connectivity index is 2.06. The Bertz CT molecular complexity index is 1200. The molecule has 4 rings (SSSR count). The summed E-state index contributed by atoms with van der Waals surface area (Å²) in [5, 5.41) is 4.19. The maximum absolute atomic E-state index is 12.7. The summed E-state index contributed by atoms with van der Waals surface area (Å²) in [7, 11) is 0. The van der Waals surface area contributed by atoms with Crippen LogP contribution < -0.4 is 5.32 Å². The molecular formula is C22H16Cl2IN3O. The summed E-state index contributed by atoms with van der Waals surface area (Å²) in [6.45, 7) is 2.44. The van der Waals surface area contributed by atoms with Crippen molar-refractivity contribution >= 4 is 57.3 Å². The van der Waals surface area contributed by atoms with Gasteiger partial charge in [0.15, 0.2) is 5.65 Å². The number of aromatic nitrogens is 2. The normalized spacial score (nSPS) is 11.0. The highest BCUT2D eigenvalue weighted by Gasteiger charge is 2.21. The first kappa shape index (κ1) is 20.2. The van der Waals surface area contributed by atoms with Gasteiger partial charge in [0.25, 0.3) is 5.91 Å². The fourth-order valence-electron chi connectivity index (χ4n) is 3.23. The van der Waals surface area contributed by atoms with E-state index in [1.54, 1.807) is 0 Å². The van der Waals surface area contributed by atoms with Gasteiger partial charge in [-0.3, -0.25) is 9.20 Å². The van der Waals surface area contributed by atoms with Gasteiger partial charge in [0, 0.05) is 37.5 Å². The number of halogens is 3. The fourth-order valence-corrected chi connectivity index (χ4v) is 4.07. The Morgan fingerprint density at radius 1 is 1.03 bits per heavy atom. The second-order valence-corrected chi connectivity index (χ2v) is 8.57. The summed E-state index contributed by atoms with van der Waals surface area (Å²) < 4.78 is 2.91. The van der Waals surface area contributed by atoms with E-state index < -0.39 is 0 Å². The smallest absolute Gasteiger partial charge is 0.255 e. The molecule has 0 spiro atoms. The highest BCUT2D eigenvalue weighted by Crippen LogP contribution is 2.35. The van der Waals surface area contributed by atoms with Gasteiger partial charge in [0.05, 0.1) is 17.0 Å². The van der Waals surface area contributed by atoms with Crippen molar-refractivity contribution in [3.05, 3.63) is 80.0 Å². The van der Waals surface area contributed by atoms with Crippen molar-refractivity contribution < 1.29 is 4.79 Å². The molecule has 2 aromatic carbocycles. The van der Waals surface area contributed by atoms with Crippen molar-refractivity contribution in [3.63, 3.8) is 0 Å². The molecule has 7 heteroatoms. The topological polar surface area (TPSA) is 46.4 Å². The number of hydrogen-bond acceptors (Lipinski definition) is 2. The van der Waals surface area contributed by atoms with Crippen LogP contribution >= 0.6 is 45.8 Å². The van der Waals surface area contributed by atoms with Gasteiger partial charge in [0.1, 0.15) is 0 Å². The number of rotatable bonds is 4. The SMILES string of the molecule is CCNC(=O)c1cc(I)cn2c(-c3ccc(Cl)cc3)c(-c3ccc(Cl)cc3)nc12. The number of imidazole rings is 1. The maximum Gasteiger partial charge on any atom is 0.255 e. The largest absolute Gasteiger partial charge is 0.352 e. The molecule has 1 N–H and O–H groups in total. The number of benzene rings is 2. The van der Waals surface area contributed by atoms with E-state index in [0.29, 0.717) is 27.8 Å². The van der Waals surface area contributed by atoms with Gasteiger partial charge < -0.3 is 5.32 Å². The van der Waals surface area contributed by atoms with Gasteiger partial charge in [-0.1, -0.05) is 47.5 Å². The summed E-state index contributed by atoms with van der Waals surface area (Å²) in [6.07, 6.45) is 1.98. The molecule has 0 aliphatic heterocycles. The van der Waals surface area contributed by atoms with Crippen molar-refractivity contribution in [2.75, 3.05) is 6.54 Å². The Labute approximate surface area is 192 Å². The van der Waals surface area contributed by atoms with Gasteiger partial charge in [-0.05, 0) is 59.8 Å². The minimum absolute atomic E-state index is 0.147. The fraction of sp³-hybridized carbons (Fsp3) is 0.0909. The number of carbonyl (C=O) groups is 1. The van der Waals surface area contributed by atoms with Crippen LogP contribution in [0.2, 0.25) is 10.0 Å². The summed E-state index contributed by atoms with van der Waals surface area (Å²) in [6, 6.07) is 17.0. The second-order valence-electron chi connectivity index (χ2n) is 6.45. The molecule has 0 saturated carbocycles. The number of pyridine rings is 1. The predicted octanol–water partition coefficient (Wildman–Crippen LogP) is 6.33. The van der Waals surface area contributed by atoms with Crippen LogP contribution in [0.3, 0.4) is 0 Å². The molecule has 0 atom stereocenters. The first-order chi connectivity index (χ1) is 14.0. The van der Waals surface area contributed by atoms with Gasteiger partial charge in [-0.2, -0.15) is 0 Å². The lowest BCUT2D eigenvalue weighted by Gasteiger charge is -2.09. The van der Waals surface area contributed by atoms with E-state index in [9.17, 15) is 4.79 Å². The Morgan fingerprint density at radius 2 is 1.62 bits per heavy atom. The van der Waals surface area contributed by atoms with Crippen molar-refractivity contribution in [1.29, 1.82) is 0 Å². The van der Waals surface area contributed by atoms with Gasteiger partial charge in [-0.25, -0.2) is 4.98 Å². The van der Waals surface area contributed by atoms with Crippen molar-refractivity contribution in [2.45, 2.75) is 6.92 Å². The highest BCUT2D eigenvalue weighted by atomic mass is 127. The third-order valence-electron chi connectivity index (χ3n) is 4.50. The van der Waals surface area contributed by atoms with Crippen LogP contribution in [0.15, 0.2) is 60.8 Å². The third kappa shape index (κ3) is 3.99. The molecule has 2 aromatic heterocycles. The molecule has 0 bridgehead atoms. The minimum atomic E-state index is -0.147. The van der Waals surface area contributed by atoms with E-state index in [1.807, 2.05) is 72.1 Å². The lowest BCUT2D eigenvalue weighted by molar-refractivity contribution is 0.0957. The van der Waals surface area contributed by atoms with E-state index in [1.165, 1.54) is 0 Å². The molecule has 0 unspecified atom stereocenters. The number of fused-ring (bicyclic) bond motifs is 1. The Morgan fingerprint density at radius 3 is 2.21 bits per heavy atom. The molecule has 1 amide bonds. The maximum atomic E-state index is 12.7. The number of amides is 1. The van der Waals surface area contributed by atoms with Crippen LogP contribution in [0.1, 0.15) is 17.3 Å². The van der Waals surface area contributed by atoms with E-state index >= 15 is 0 Å². The first-order valence-corrected chi connectivity index (χ1v) is 10.8. The molecule has 4 aromatic rings. The van der Waals surface area contributed by atoms with Crippen LogP contribution in [-0.2, 0) is 0 Å². The minimum Gasteiger partial charge on any atom is -0.352 e. The first-order valence-electron chi connectivity index (χ1n) is 8.99. The lowest BCUT2D eigenvalue weighted by Crippen LogP contribution is -2.23. The third-order valence-corrected chi connectivity index (χ3v) is 5.60. The average molecular weight is 536 g/mol. The Hall–Kier alpha value is -2.09. The number of carbonyl (C=O) groups excluding carboxylic acids is 1. The van der Waals surface area contributed by atoms with Crippen LogP contribution in [0, 0.1) is 3.57 Å². The van der Waals surface area contributed by atoms with Crippen LogP contribution in [-0.4, -0.2) is 21.8 Å². The zero-order chi connectivity index (χ0) is 20.5. The van der Waals surface area contributed by atoms with Gasteiger partial charge in [-0.15, -0.1) is 0 Å². The van der Waals surface area contributed by atoms with Crippen molar-refractivity contribution in [3.8, 4) is 22.5 Å². The average Bonchev–Trinajstić information content (AvgIpc) is 3.08. The number of nitrogens with one attached hydrogen (secondary N) is 1. The van der Waals surface area contributed by atoms with Gasteiger partial charge in [0.2, 0.25) is 0 Å². The van der Waals surface area contributed by atoms with Gasteiger partial charge >= 0.3 is 0 Å². The zero-order valence-electron chi connectivity index (χ0n) is 15.4. The van der Waals surface area contributed by atoms with E-state index in [4.69, 9.17) is 28.2 Å². The van der Waals surface area contributed by atoms with Crippen molar-refractivity contribution in [1.82, 2.24) is 14.7 Å². The Kier molecular flexibility index (Phi) is 5.81. The second kappa shape index (κ2) is 8.34. The summed E-state index contributed by atoms with van der Waals surface area (Å²) in [4.78, 5) is 17.6. The number of hydrogen-bond donors (Lipinski definition) is 1. The molecule has 2 heterocycles. The molecule has 0 aliphatic rings. The summed E-state index contributed by atoms with van der Waals surface area (Å²) in [5.74, 6) is -0.147. The summed E-state index contributed by atoms with van der Waals surface area (Å²) >= 11 is 14.4. The van der Waals surface area contributed by atoms with E-state index in [2.05, 4.69) is 27.9 Å². The molecule has 0 saturated heterocycles. The lowest BCUT2D eigenvalue weighted by atomic mass is 10.0. The molecule has 0 aliphatic carbocycles. The van der Waals surface area contributed by atoms with E-state index in [0.717, 1.165) is 26.1 Å². The predicted molar refractivity (Wildman–Crippen MR) is 127 cm³/mol. The van der Waals surface area contributed by atoms with E-state index in [-0.39, 0.29) is 5.91 Å². The quantitative estimate of drug-likeness (QED) is 0.310. The monoisotopic (exact) mass is 535 g/mol. The van der Waals surface area contributed by atoms with Crippen LogP contribution in [0.25, 0.3) is 28.2 Å². The number of nitrogens with zero attached hydrogens (tertiary/aromatic N) is 2. The zero-order valence-corrected chi connectivity index (χ0v) is 19.1. The molecule has 4 nitrogen and oxygen atoms in total. The standard InChI is InChI=1S/C22H16Cl2IN3O/c1-2-26-22(29)18-11-17(25)12-28-20(14-5-9-16(24)10-6-14)19(27-21(18)28)13-3-7-15(23)8-4-13/h3-12H,2H2,1H3,(H,26,29).